The SMILES string of the molecule is CCNCCOc1ccc(N2CC(=O)CC(CCOCC)C2)cc1. The second kappa shape index (κ2) is 10.3. The summed E-state index contributed by atoms with van der Waals surface area (Å²) in [6.45, 7) is 9.44. The van der Waals surface area contributed by atoms with E-state index in [1.165, 1.54) is 0 Å². The molecule has 0 bridgehead atoms. The summed E-state index contributed by atoms with van der Waals surface area (Å²) in [5.41, 5.74) is 1.09. The molecule has 1 atom stereocenters. The zero-order valence-corrected chi connectivity index (χ0v) is 14.9. The normalized spacial score (nSPS) is 18.0. The quantitative estimate of drug-likeness (QED) is 0.666. The molecule has 1 aliphatic heterocycles. The Morgan fingerprint density at radius 1 is 1.21 bits per heavy atom. The van der Waals surface area contributed by atoms with Crippen LogP contribution < -0.4 is 15.0 Å². The van der Waals surface area contributed by atoms with Crippen LogP contribution in [0.4, 0.5) is 5.69 Å². The Labute approximate surface area is 145 Å². The molecular weight excluding hydrogens is 304 g/mol. The van der Waals surface area contributed by atoms with Gasteiger partial charge in [0.1, 0.15) is 12.4 Å². The molecule has 0 aliphatic carbocycles. The van der Waals surface area contributed by atoms with Crippen molar-refractivity contribution < 1.29 is 14.3 Å². The van der Waals surface area contributed by atoms with Crippen LogP contribution in [0.5, 0.6) is 5.75 Å². The highest BCUT2D eigenvalue weighted by Gasteiger charge is 2.25. The zero-order valence-electron chi connectivity index (χ0n) is 14.9. The van der Waals surface area contributed by atoms with E-state index in [2.05, 4.69) is 17.1 Å². The van der Waals surface area contributed by atoms with Gasteiger partial charge in [0, 0.05) is 38.4 Å². The predicted molar refractivity (Wildman–Crippen MR) is 96.9 cm³/mol. The zero-order chi connectivity index (χ0) is 17.2. The van der Waals surface area contributed by atoms with Gasteiger partial charge >= 0.3 is 0 Å². The fraction of sp³-hybridized carbons (Fsp3) is 0.632. The highest BCUT2D eigenvalue weighted by molar-refractivity contribution is 5.85. The fourth-order valence-corrected chi connectivity index (χ4v) is 3.00. The lowest BCUT2D eigenvalue weighted by Crippen LogP contribution is -2.41. The van der Waals surface area contributed by atoms with Crippen molar-refractivity contribution in [3.05, 3.63) is 24.3 Å². The van der Waals surface area contributed by atoms with Gasteiger partial charge in [-0.1, -0.05) is 6.92 Å². The van der Waals surface area contributed by atoms with Crippen LogP contribution in [0.1, 0.15) is 26.7 Å². The molecule has 0 spiro atoms. The van der Waals surface area contributed by atoms with Crippen LogP contribution in [0.15, 0.2) is 24.3 Å². The van der Waals surface area contributed by atoms with E-state index in [0.717, 1.165) is 50.7 Å². The van der Waals surface area contributed by atoms with Crippen LogP contribution in [0, 0.1) is 5.92 Å². The van der Waals surface area contributed by atoms with Crippen molar-refractivity contribution in [3.8, 4) is 5.75 Å². The van der Waals surface area contributed by atoms with E-state index in [4.69, 9.17) is 9.47 Å². The average Bonchev–Trinajstić information content (AvgIpc) is 2.59. The number of ketones is 1. The van der Waals surface area contributed by atoms with Gasteiger partial charge in [-0.2, -0.15) is 0 Å². The summed E-state index contributed by atoms with van der Waals surface area (Å²) in [5, 5.41) is 3.23. The summed E-state index contributed by atoms with van der Waals surface area (Å²) in [6, 6.07) is 8.05. The molecule has 2 rings (SSSR count). The lowest BCUT2D eigenvalue weighted by molar-refractivity contribution is -0.119. The van der Waals surface area contributed by atoms with Crippen molar-refractivity contribution in [2.24, 2.45) is 5.92 Å². The Balaban J connectivity index is 1.86. The molecular formula is C19H30N2O3. The number of nitrogens with one attached hydrogen (secondary N) is 1. The minimum Gasteiger partial charge on any atom is -0.492 e. The van der Waals surface area contributed by atoms with Gasteiger partial charge in [0.25, 0.3) is 0 Å². The Bertz CT molecular complexity index is 490. The first-order valence-electron chi connectivity index (χ1n) is 9.00. The monoisotopic (exact) mass is 334 g/mol. The van der Waals surface area contributed by atoms with Gasteiger partial charge in [-0.05, 0) is 50.1 Å². The van der Waals surface area contributed by atoms with Crippen LogP contribution in [-0.2, 0) is 9.53 Å². The molecule has 24 heavy (non-hydrogen) atoms. The molecule has 0 radical (unpaired) electrons. The van der Waals surface area contributed by atoms with Crippen LogP contribution in [0.2, 0.25) is 0 Å². The van der Waals surface area contributed by atoms with Crippen molar-refractivity contribution in [1.29, 1.82) is 0 Å². The van der Waals surface area contributed by atoms with E-state index < -0.39 is 0 Å². The minimum absolute atomic E-state index is 0.314. The summed E-state index contributed by atoms with van der Waals surface area (Å²) < 4.78 is 11.1. The van der Waals surface area contributed by atoms with Gasteiger partial charge in [-0.15, -0.1) is 0 Å². The number of likely N-dealkylation sites (N-methyl/N-ethyl adjacent to an activating group) is 1. The second-order valence-corrected chi connectivity index (χ2v) is 6.17. The lowest BCUT2D eigenvalue weighted by atomic mass is 9.94. The number of benzene rings is 1. The molecule has 5 nitrogen and oxygen atoms in total. The molecule has 1 unspecified atom stereocenters. The number of hydrogen-bond donors (Lipinski definition) is 1. The highest BCUT2D eigenvalue weighted by Crippen LogP contribution is 2.25. The number of carbonyl (C=O) groups excluding carboxylic acids is 1. The third-order valence-corrected chi connectivity index (χ3v) is 4.24. The van der Waals surface area contributed by atoms with Crippen LogP contribution >= 0.6 is 0 Å². The highest BCUT2D eigenvalue weighted by atomic mass is 16.5. The van der Waals surface area contributed by atoms with Gasteiger partial charge in [0.05, 0.1) is 6.54 Å². The molecule has 1 saturated heterocycles. The second-order valence-electron chi connectivity index (χ2n) is 6.17. The molecule has 1 N–H and O–H groups in total. The largest absolute Gasteiger partial charge is 0.492 e. The standard InChI is InChI=1S/C19H30N2O3/c1-3-20-10-12-24-19-7-5-17(6-8-19)21-14-16(9-11-23-4-2)13-18(22)15-21/h5-8,16,20H,3-4,9-15H2,1-2H3. The first-order chi connectivity index (χ1) is 11.7. The number of rotatable bonds is 10. The third kappa shape index (κ3) is 6.13. The average molecular weight is 334 g/mol. The van der Waals surface area contributed by atoms with Gasteiger partial charge in [0.15, 0.2) is 5.78 Å². The summed E-state index contributed by atoms with van der Waals surface area (Å²) >= 11 is 0. The number of hydrogen-bond acceptors (Lipinski definition) is 5. The third-order valence-electron chi connectivity index (χ3n) is 4.24. The molecule has 1 aromatic rings. The molecule has 134 valence electrons. The van der Waals surface area contributed by atoms with Gasteiger partial charge in [-0.3, -0.25) is 4.79 Å². The van der Waals surface area contributed by atoms with E-state index in [9.17, 15) is 4.79 Å². The molecule has 1 aliphatic rings. The number of anilines is 1. The van der Waals surface area contributed by atoms with Crippen molar-refractivity contribution in [2.75, 3.05) is 50.9 Å². The summed E-state index contributed by atoms with van der Waals surface area (Å²) in [7, 11) is 0. The maximum Gasteiger partial charge on any atom is 0.152 e. The van der Waals surface area contributed by atoms with Gasteiger partial charge in [0.2, 0.25) is 0 Å². The Morgan fingerprint density at radius 3 is 2.71 bits per heavy atom. The minimum atomic E-state index is 0.314. The Kier molecular flexibility index (Phi) is 8.05. The van der Waals surface area contributed by atoms with Crippen LogP contribution in [0.25, 0.3) is 0 Å². The maximum atomic E-state index is 12.0. The van der Waals surface area contributed by atoms with Crippen molar-refractivity contribution >= 4 is 11.5 Å². The molecule has 1 heterocycles. The number of Topliss-reactive ketones (excluding diaryl/α,β-unsaturated/α-hetero) is 1. The van der Waals surface area contributed by atoms with E-state index in [1.807, 2.05) is 31.2 Å². The summed E-state index contributed by atoms with van der Waals surface area (Å²) in [5.74, 6) is 1.57. The molecule has 1 aromatic carbocycles. The van der Waals surface area contributed by atoms with Crippen molar-refractivity contribution in [1.82, 2.24) is 5.32 Å². The van der Waals surface area contributed by atoms with Crippen LogP contribution in [-0.4, -0.2) is 51.8 Å². The number of nitrogens with zero attached hydrogens (tertiary/aromatic N) is 1. The maximum absolute atomic E-state index is 12.0. The fourth-order valence-electron chi connectivity index (χ4n) is 3.00. The topological polar surface area (TPSA) is 50.8 Å². The molecule has 0 aromatic heterocycles. The smallest absolute Gasteiger partial charge is 0.152 e. The van der Waals surface area contributed by atoms with Crippen molar-refractivity contribution in [3.63, 3.8) is 0 Å². The Hall–Kier alpha value is -1.59. The molecule has 5 heteroatoms. The van der Waals surface area contributed by atoms with E-state index in [-0.39, 0.29) is 0 Å². The van der Waals surface area contributed by atoms with E-state index >= 15 is 0 Å². The molecule has 1 fully saturated rings. The summed E-state index contributed by atoms with van der Waals surface area (Å²) in [6.07, 6.45) is 1.62. The van der Waals surface area contributed by atoms with Gasteiger partial charge < -0.3 is 19.7 Å². The van der Waals surface area contributed by atoms with Crippen LogP contribution in [0.3, 0.4) is 0 Å². The lowest BCUT2D eigenvalue weighted by Gasteiger charge is -2.33. The first-order valence-corrected chi connectivity index (χ1v) is 9.00. The van der Waals surface area contributed by atoms with Crippen molar-refractivity contribution in [2.45, 2.75) is 26.7 Å². The van der Waals surface area contributed by atoms with E-state index in [1.54, 1.807) is 0 Å². The van der Waals surface area contributed by atoms with Gasteiger partial charge in [-0.25, -0.2) is 0 Å². The molecule has 0 saturated carbocycles. The molecule has 0 amide bonds. The Morgan fingerprint density at radius 2 is 2.00 bits per heavy atom. The summed E-state index contributed by atoms with van der Waals surface area (Å²) in [4.78, 5) is 14.2. The number of carbonyl (C=O) groups is 1. The van der Waals surface area contributed by atoms with E-state index in [0.29, 0.717) is 31.3 Å². The predicted octanol–water partition coefficient (Wildman–Crippen LogP) is 2.50. The first kappa shape index (κ1) is 18.7. The number of ether oxygens (including phenoxy) is 2. The number of piperidine rings is 1.